The smallest absolute Gasteiger partial charge is 0.256 e. The van der Waals surface area contributed by atoms with E-state index in [0.29, 0.717) is 18.4 Å². The minimum atomic E-state index is -0.909. The molecule has 1 heterocycles. The number of benzene rings is 2. The van der Waals surface area contributed by atoms with Crippen LogP contribution in [0, 0.1) is 0 Å². The highest BCUT2D eigenvalue weighted by Gasteiger charge is 2.49. The van der Waals surface area contributed by atoms with E-state index in [9.17, 15) is 14.4 Å². The van der Waals surface area contributed by atoms with Crippen molar-refractivity contribution in [1.29, 1.82) is 0 Å². The average Bonchev–Trinajstić information content (AvgIpc) is 3.47. The number of amides is 3. The zero-order valence-corrected chi connectivity index (χ0v) is 16.7. The van der Waals surface area contributed by atoms with Crippen LogP contribution in [-0.2, 0) is 11.3 Å². The summed E-state index contributed by atoms with van der Waals surface area (Å²) in [6, 6.07) is 16.0. The van der Waals surface area contributed by atoms with Crippen molar-refractivity contribution in [2.45, 2.75) is 24.9 Å². The first-order chi connectivity index (χ1) is 14.9. The van der Waals surface area contributed by atoms with Gasteiger partial charge in [-0.05, 0) is 42.7 Å². The van der Waals surface area contributed by atoms with Crippen LogP contribution in [0.3, 0.4) is 0 Å². The van der Waals surface area contributed by atoms with Gasteiger partial charge in [0.25, 0.3) is 11.8 Å². The molecular formula is C22H22N6O3. The molecule has 158 valence electrons. The zero-order chi connectivity index (χ0) is 22.0. The normalized spacial score (nSPS) is 13.9. The van der Waals surface area contributed by atoms with Crippen molar-refractivity contribution in [3.8, 4) is 5.69 Å². The second-order valence-corrected chi connectivity index (χ2v) is 7.47. The molecule has 1 aliphatic rings. The van der Waals surface area contributed by atoms with E-state index in [1.165, 1.54) is 10.9 Å². The molecule has 0 aliphatic heterocycles. The molecular weight excluding hydrogens is 396 g/mol. The van der Waals surface area contributed by atoms with Gasteiger partial charge >= 0.3 is 0 Å². The number of rotatable bonds is 7. The van der Waals surface area contributed by atoms with Crippen LogP contribution in [0.4, 0.5) is 5.82 Å². The minimum absolute atomic E-state index is 0.249. The number of primary amides is 1. The van der Waals surface area contributed by atoms with Crippen molar-refractivity contribution in [2.75, 3.05) is 5.73 Å². The number of hydrogen-bond acceptors (Lipinski definition) is 5. The summed E-state index contributed by atoms with van der Waals surface area (Å²) in [5.41, 5.74) is 12.8. The van der Waals surface area contributed by atoms with E-state index in [4.69, 9.17) is 11.5 Å². The van der Waals surface area contributed by atoms with Crippen LogP contribution in [-0.4, -0.2) is 33.0 Å². The molecule has 3 aromatic rings. The Balaban J connectivity index is 1.36. The third-order valence-corrected chi connectivity index (χ3v) is 5.30. The summed E-state index contributed by atoms with van der Waals surface area (Å²) in [6.45, 7) is 0.252. The standard InChI is InChI=1S/C22H22N6O3/c23-18-17(13-26-28(18)16-4-2-1-3-5-16)20(30)25-12-14-6-8-15(9-7-14)19(29)27-22(10-11-22)21(24)31/h1-9,13H,10-12,23H2,(H2,24,31)(H,25,30)(H,27,29). The van der Waals surface area contributed by atoms with Gasteiger partial charge in [-0.1, -0.05) is 30.3 Å². The molecule has 0 spiro atoms. The molecule has 4 rings (SSSR count). The molecule has 31 heavy (non-hydrogen) atoms. The first-order valence-corrected chi connectivity index (χ1v) is 9.78. The van der Waals surface area contributed by atoms with Crippen molar-refractivity contribution in [2.24, 2.45) is 5.73 Å². The van der Waals surface area contributed by atoms with E-state index >= 15 is 0 Å². The molecule has 2 aromatic carbocycles. The Morgan fingerprint density at radius 2 is 1.68 bits per heavy atom. The van der Waals surface area contributed by atoms with E-state index < -0.39 is 11.4 Å². The van der Waals surface area contributed by atoms with Crippen molar-refractivity contribution < 1.29 is 14.4 Å². The fourth-order valence-corrected chi connectivity index (χ4v) is 3.21. The number of para-hydroxylation sites is 1. The van der Waals surface area contributed by atoms with Gasteiger partial charge in [-0.15, -0.1) is 0 Å². The highest BCUT2D eigenvalue weighted by Crippen LogP contribution is 2.35. The molecule has 3 amide bonds. The third-order valence-electron chi connectivity index (χ3n) is 5.30. The van der Waals surface area contributed by atoms with Crippen molar-refractivity contribution in [3.05, 3.63) is 77.5 Å². The number of nitrogen functional groups attached to an aromatic ring is 1. The lowest BCUT2D eigenvalue weighted by Gasteiger charge is -2.13. The Kier molecular flexibility index (Phi) is 5.16. The molecule has 0 radical (unpaired) electrons. The molecule has 0 atom stereocenters. The van der Waals surface area contributed by atoms with E-state index in [0.717, 1.165) is 11.3 Å². The highest BCUT2D eigenvalue weighted by atomic mass is 16.2. The zero-order valence-electron chi connectivity index (χ0n) is 16.7. The molecule has 0 bridgehead atoms. The topological polar surface area (TPSA) is 145 Å². The van der Waals surface area contributed by atoms with Crippen LogP contribution in [0.1, 0.15) is 39.1 Å². The summed E-state index contributed by atoms with van der Waals surface area (Å²) < 4.78 is 1.50. The SMILES string of the molecule is NC(=O)C1(NC(=O)c2ccc(CNC(=O)c3cnn(-c4ccccc4)c3N)cc2)CC1. The monoisotopic (exact) mass is 418 g/mol. The molecule has 0 saturated heterocycles. The summed E-state index contributed by atoms with van der Waals surface area (Å²) >= 11 is 0. The van der Waals surface area contributed by atoms with Gasteiger partial charge in [0.1, 0.15) is 16.9 Å². The predicted octanol–water partition coefficient (Wildman–Crippen LogP) is 1.13. The van der Waals surface area contributed by atoms with E-state index in [2.05, 4.69) is 15.7 Å². The lowest BCUT2D eigenvalue weighted by molar-refractivity contribution is -0.120. The molecule has 6 N–H and O–H groups in total. The van der Waals surface area contributed by atoms with Gasteiger partial charge in [0.2, 0.25) is 5.91 Å². The number of nitrogens with two attached hydrogens (primary N) is 2. The Labute approximate surface area is 178 Å². The number of hydrogen-bond donors (Lipinski definition) is 4. The van der Waals surface area contributed by atoms with Gasteiger partial charge in [-0.3, -0.25) is 14.4 Å². The summed E-state index contributed by atoms with van der Waals surface area (Å²) in [4.78, 5) is 36.3. The van der Waals surface area contributed by atoms with Crippen LogP contribution in [0.15, 0.2) is 60.8 Å². The van der Waals surface area contributed by atoms with Crippen molar-refractivity contribution in [1.82, 2.24) is 20.4 Å². The summed E-state index contributed by atoms with van der Waals surface area (Å²) in [6.07, 6.45) is 2.54. The fraction of sp³-hybridized carbons (Fsp3) is 0.182. The Bertz CT molecular complexity index is 1130. The molecule has 1 fully saturated rings. The first kappa shape index (κ1) is 20.1. The number of nitrogens with zero attached hydrogens (tertiary/aromatic N) is 2. The molecule has 0 unspecified atom stereocenters. The summed E-state index contributed by atoms with van der Waals surface area (Å²) in [5.74, 6) is -0.971. The van der Waals surface area contributed by atoms with Crippen LogP contribution >= 0.6 is 0 Å². The second kappa shape index (κ2) is 7.94. The van der Waals surface area contributed by atoms with Gasteiger partial charge in [-0.25, -0.2) is 4.68 Å². The highest BCUT2D eigenvalue weighted by molar-refractivity contribution is 6.00. The van der Waals surface area contributed by atoms with E-state index in [-0.39, 0.29) is 29.7 Å². The number of nitrogens with one attached hydrogen (secondary N) is 2. The van der Waals surface area contributed by atoms with Crippen molar-refractivity contribution in [3.63, 3.8) is 0 Å². The minimum Gasteiger partial charge on any atom is -0.383 e. The van der Waals surface area contributed by atoms with Crippen molar-refractivity contribution >= 4 is 23.5 Å². The lowest BCUT2D eigenvalue weighted by atomic mass is 10.1. The van der Waals surface area contributed by atoms with Crippen LogP contribution in [0.5, 0.6) is 0 Å². The maximum Gasteiger partial charge on any atom is 0.256 e. The quantitative estimate of drug-likeness (QED) is 0.454. The van der Waals surface area contributed by atoms with Gasteiger partial charge in [-0.2, -0.15) is 5.10 Å². The predicted molar refractivity (Wildman–Crippen MR) is 114 cm³/mol. The maximum atomic E-state index is 12.5. The molecule has 1 aliphatic carbocycles. The molecule has 9 nitrogen and oxygen atoms in total. The maximum absolute atomic E-state index is 12.5. The fourth-order valence-electron chi connectivity index (χ4n) is 3.21. The van der Waals surface area contributed by atoms with Gasteiger partial charge in [0.05, 0.1) is 11.9 Å². The van der Waals surface area contributed by atoms with Gasteiger partial charge < -0.3 is 22.1 Å². The first-order valence-electron chi connectivity index (χ1n) is 9.78. The molecule has 9 heteroatoms. The summed E-state index contributed by atoms with van der Waals surface area (Å²) in [7, 11) is 0. The number of aromatic nitrogens is 2. The molecule has 1 aromatic heterocycles. The van der Waals surface area contributed by atoms with Crippen LogP contribution in [0.25, 0.3) is 5.69 Å². The Hall–Kier alpha value is -4.14. The second-order valence-electron chi connectivity index (χ2n) is 7.47. The van der Waals surface area contributed by atoms with Crippen LogP contribution < -0.4 is 22.1 Å². The summed E-state index contributed by atoms with van der Waals surface area (Å²) in [5, 5.41) is 9.68. The van der Waals surface area contributed by atoms with Gasteiger partial charge in [0, 0.05) is 12.1 Å². The van der Waals surface area contributed by atoms with E-state index in [1.807, 2.05) is 30.3 Å². The number of carbonyl (C=O) groups is 3. The lowest BCUT2D eigenvalue weighted by Crippen LogP contribution is -2.46. The largest absolute Gasteiger partial charge is 0.383 e. The Morgan fingerprint density at radius 3 is 2.29 bits per heavy atom. The Morgan fingerprint density at radius 1 is 1.00 bits per heavy atom. The number of anilines is 1. The van der Waals surface area contributed by atoms with Gasteiger partial charge in [0.15, 0.2) is 0 Å². The average molecular weight is 418 g/mol. The van der Waals surface area contributed by atoms with E-state index in [1.54, 1.807) is 24.3 Å². The van der Waals surface area contributed by atoms with Crippen LogP contribution in [0.2, 0.25) is 0 Å². The number of carbonyl (C=O) groups excluding carboxylic acids is 3. The molecule has 1 saturated carbocycles. The third kappa shape index (κ3) is 4.11.